The zero-order chi connectivity index (χ0) is 87.3. The average molecular weight is 1600 g/mol. The molecule has 0 bridgehead atoms. The zero-order valence-electron chi connectivity index (χ0n) is 73.2. The number of hydrogen-bond acceptors (Lipinski definition) is 15. The van der Waals surface area contributed by atoms with E-state index >= 15 is 0 Å². The second-order valence-corrected chi connectivity index (χ2v) is 38.2. The van der Waals surface area contributed by atoms with Crippen LogP contribution in [0.4, 0.5) is 4.39 Å². The van der Waals surface area contributed by atoms with E-state index in [0.29, 0.717) is 80.3 Å². The molecule has 5 aromatic heterocycles. The number of ketones is 2. The summed E-state index contributed by atoms with van der Waals surface area (Å²) < 4.78 is 13.7. The van der Waals surface area contributed by atoms with Gasteiger partial charge in [-0.25, -0.2) is 14.0 Å². The van der Waals surface area contributed by atoms with Crippen LogP contribution >= 0.6 is 0 Å². The molecule has 1 aromatic carbocycles. The molecular weight excluding hydrogens is 1470 g/mol. The van der Waals surface area contributed by atoms with Gasteiger partial charge in [0.2, 0.25) is 0 Å². The molecule has 2 aliphatic carbocycles. The quantitative estimate of drug-likeness (QED) is 0.0676. The number of hydrogen-bond donors (Lipinski definition) is 5. The van der Waals surface area contributed by atoms with E-state index in [9.17, 15) is 52.3 Å². The van der Waals surface area contributed by atoms with Crippen molar-refractivity contribution in [1.82, 2.24) is 55.6 Å². The van der Waals surface area contributed by atoms with Gasteiger partial charge in [0.05, 0.1) is 11.1 Å². The lowest BCUT2D eigenvalue weighted by Crippen LogP contribution is -2.48. The number of Topliss-reactive ketones (excluding diaryl/α,β-unsaturated/α-hetero) is 2. The molecule has 0 spiro atoms. The third-order valence-corrected chi connectivity index (χ3v) is 22.0. The number of amides is 6. The van der Waals surface area contributed by atoms with Gasteiger partial charge in [0.1, 0.15) is 46.2 Å². The van der Waals surface area contributed by atoms with E-state index in [4.69, 9.17) is 10.2 Å². The molecule has 6 aromatic rings. The summed E-state index contributed by atoms with van der Waals surface area (Å²) in [6.45, 7) is 49.8. The van der Waals surface area contributed by atoms with Crippen molar-refractivity contribution in [3.05, 3.63) is 183 Å². The molecular formula is C92H128FN11O12. The van der Waals surface area contributed by atoms with Gasteiger partial charge >= 0.3 is 11.9 Å². The number of aromatic nitrogens is 5. The van der Waals surface area contributed by atoms with Crippen molar-refractivity contribution in [2.24, 2.45) is 0 Å². The first kappa shape index (κ1) is 94.9. The van der Waals surface area contributed by atoms with E-state index in [-0.39, 0.29) is 85.0 Å². The van der Waals surface area contributed by atoms with Gasteiger partial charge < -0.3 is 40.9 Å². The molecule has 24 heteroatoms. The highest BCUT2D eigenvalue weighted by Gasteiger charge is 2.49. The molecule has 6 amide bonds. The van der Waals surface area contributed by atoms with Crippen LogP contribution in [0.25, 0.3) is 0 Å². The van der Waals surface area contributed by atoms with Crippen molar-refractivity contribution in [2.45, 2.75) is 304 Å². The minimum atomic E-state index is -1.14. The van der Waals surface area contributed by atoms with Crippen LogP contribution in [0.3, 0.4) is 0 Å². The number of carbonyl (C=O) groups excluding carboxylic acids is 8. The Labute approximate surface area is 686 Å². The first-order valence-corrected chi connectivity index (χ1v) is 40.4. The Balaban J connectivity index is 0.000000216. The van der Waals surface area contributed by atoms with Crippen LogP contribution in [0.2, 0.25) is 0 Å². The molecule has 8 heterocycles. The maximum absolute atomic E-state index is 13.7. The molecule has 23 nitrogen and oxygen atoms in total. The number of nitrogens with one attached hydrogen (secondary N) is 3. The fourth-order valence-corrected chi connectivity index (χ4v) is 12.6. The van der Waals surface area contributed by atoms with E-state index in [2.05, 4.69) is 185 Å². The van der Waals surface area contributed by atoms with Crippen LogP contribution in [-0.2, 0) is 51.7 Å². The van der Waals surface area contributed by atoms with Crippen LogP contribution in [0.5, 0.6) is 0 Å². The Bertz CT molecular complexity index is 4230. The van der Waals surface area contributed by atoms with E-state index in [0.717, 1.165) is 78.3 Å². The number of carboxylic acids is 2. The molecule has 11 rings (SSSR count). The predicted molar refractivity (Wildman–Crippen MR) is 450 cm³/mol. The molecule has 5 fully saturated rings. The lowest BCUT2D eigenvalue weighted by atomic mass is 9.86. The maximum atomic E-state index is 13.7. The number of rotatable bonds is 14. The third kappa shape index (κ3) is 27.0. The summed E-state index contributed by atoms with van der Waals surface area (Å²) >= 11 is 0. The monoisotopic (exact) mass is 1600 g/mol. The molecule has 2 atom stereocenters. The summed E-state index contributed by atoms with van der Waals surface area (Å²) in [5, 5.41) is 26.9. The van der Waals surface area contributed by atoms with Crippen LogP contribution in [-0.4, -0.2) is 169 Å². The molecule has 5 N–H and O–H groups in total. The molecule has 3 saturated heterocycles. The number of piperidine rings is 1. The Hall–Kier alpha value is -10.0. The van der Waals surface area contributed by atoms with Crippen molar-refractivity contribution < 1.29 is 62.5 Å². The van der Waals surface area contributed by atoms with Gasteiger partial charge in [0.15, 0.2) is 11.6 Å². The molecule has 2 saturated carbocycles. The van der Waals surface area contributed by atoms with Crippen LogP contribution in [0.15, 0.2) is 116 Å². The van der Waals surface area contributed by atoms with Crippen molar-refractivity contribution in [2.75, 3.05) is 26.2 Å². The van der Waals surface area contributed by atoms with E-state index in [1.807, 2.05) is 42.5 Å². The van der Waals surface area contributed by atoms with E-state index < -0.39 is 40.8 Å². The summed E-state index contributed by atoms with van der Waals surface area (Å²) in [5.41, 5.74) is 6.71. The number of carbonyl (C=O) groups is 10. The second kappa shape index (κ2) is 37.9. The first-order chi connectivity index (χ1) is 53.4. The SMILES string of the molecule is CC(=O)C(C)(C)NC(=O)c1ccc(C(C)(C)C)cn1.CC(=O)C1(NC(=O)c2ccc(C(C)(C)C)cn2)CC1.CC(C)(C)c1ccc(C(=O)N2CCC[C@@H]2C(=O)O)nc1.CC(C)(C)c1ccc(C(=O)N2CCC[C@H]2C(=O)O)nc1.CC1(F)CCN(C(=O)c2ccc(C(C)(C)C)cn2)CC1.CCC1(NC(=O)c2ccc(C(C)(C)C)cc2)CC1. The van der Waals surface area contributed by atoms with Gasteiger partial charge in [-0.15, -0.1) is 0 Å². The van der Waals surface area contributed by atoms with Gasteiger partial charge in [0.25, 0.3) is 35.4 Å². The number of pyridine rings is 5. The Morgan fingerprint density at radius 3 is 1.01 bits per heavy atom. The number of carboxylic acid groups (broad SMARTS) is 2. The largest absolute Gasteiger partial charge is 0.480 e. The van der Waals surface area contributed by atoms with Crippen molar-refractivity contribution in [1.29, 1.82) is 0 Å². The van der Waals surface area contributed by atoms with Crippen LogP contribution in [0.1, 0.15) is 333 Å². The lowest BCUT2D eigenvalue weighted by molar-refractivity contribution is -0.142. The van der Waals surface area contributed by atoms with Gasteiger partial charge in [-0.05, 0) is 214 Å². The standard InChI is InChI=1S/C16H23FN2O.C16H23NO.2C15H20N2O3.C15H20N2O2.C15H22N2O2/c1-15(2,3)12-5-6-13(18-11-12)14(20)19-9-7-16(4,17)8-10-19;1-5-16(10-11-16)17-14(18)12-6-8-13(9-7-12)15(2,3)4;2*1-15(2,3)10-6-7-11(16-9-10)13(18)17-8-4-5-12(17)14(19)20;1-10(18)15(7-8-15)17-13(19)12-6-5-11(9-16-12)14(2,3)4;1-10(18)15(5,6)17-13(19)12-8-7-11(9-16-12)14(2,3)4/h5-6,11H,7-10H2,1-4H3;6-9H,5,10-11H2,1-4H3,(H,17,18);2*6-7,9,12H,4-5,8H2,1-3H3,(H,19,20);5-6,9H,7-8H2,1-4H3,(H,17,19);7-9H,1-6H3,(H,17,19)/t;;2*12-;;/m..10../s1. The fraction of sp³-hybridized carbons (Fsp3) is 0.554. The zero-order valence-corrected chi connectivity index (χ0v) is 73.2. The second-order valence-electron chi connectivity index (χ2n) is 38.2. The van der Waals surface area contributed by atoms with Crippen molar-refractivity contribution in [3.8, 4) is 0 Å². The molecule has 0 radical (unpaired) electrons. The maximum Gasteiger partial charge on any atom is 0.326 e. The Morgan fingerprint density at radius 2 is 0.733 bits per heavy atom. The first-order valence-electron chi connectivity index (χ1n) is 40.4. The summed E-state index contributed by atoms with van der Waals surface area (Å²) in [7, 11) is 0. The predicted octanol–water partition coefficient (Wildman–Crippen LogP) is 15.8. The minimum Gasteiger partial charge on any atom is -0.480 e. The summed E-state index contributed by atoms with van der Waals surface area (Å²) in [6.07, 6.45) is 16.6. The van der Waals surface area contributed by atoms with Gasteiger partial charge in [-0.3, -0.25) is 63.3 Å². The molecule has 5 aliphatic rings. The highest BCUT2D eigenvalue weighted by molar-refractivity contribution is 6.00. The number of aliphatic carboxylic acids is 2. The van der Waals surface area contributed by atoms with Gasteiger partial charge in [0, 0.05) is 68.3 Å². The Morgan fingerprint density at radius 1 is 0.414 bits per heavy atom. The van der Waals surface area contributed by atoms with Crippen molar-refractivity contribution in [3.63, 3.8) is 0 Å². The van der Waals surface area contributed by atoms with Crippen LogP contribution < -0.4 is 16.0 Å². The normalized spacial score (nSPS) is 17.3. The van der Waals surface area contributed by atoms with Crippen molar-refractivity contribution >= 4 is 58.9 Å². The number of halogens is 1. The van der Waals surface area contributed by atoms with Gasteiger partial charge in [-0.2, -0.15) is 0 Å². The minimum absolute atomic E-state index is 0.000656. The van der Waals surface area contributed by atoms with Crippen LogP contribution in [0, 0.1) is 0 Å². The number of benzene rings is 1. The van der Waals surface area contributed by atoms with E-state index in [1.165, 1.54) is 29.2 Å². The molecule has 3 aliphatic heterocycles. The van der Waals surface area contributed by atoms with E-state index in [1.54, 1.807) is 87.0 Å². The highest BCUT2D eigenvalue weighted by atomic mass is 19.1. The smallest absolute Gasteiger partial charge is 0.326 e. The summed E-state index contributed by atoms with van der Waals surface area (Å²) in [6, 6.07) is 24.6. The Kier molecular flexibility index (Phi) is 31.0. The topological polar surface area (TPSA) is 321 Å². The summed E-state index contributed by atoms with van der Waals surface area (Å²) in [4.78, 5) is 144. The summed E-state index contributed by atoms with van der Waals surface area (Å²) in [5.74, 6) is -3.18. The third-order valence-electron chi connectivity index (χ3n) is 22.0. The van der Waals surface area contributed by atoms with Gasteiger partial charge in [-0.1, -0.05) is 174 Å². The molecule has 0 unspecified atom stereocenters. The fourth-order valence-electron chi connectivity index (χ4n) is 12.6. The number of likely N-dealkylation sites (tertiary alicyclic amines) is 3. The molecule has 630 valence electrons. The lowest BCUT2D eigenvalue weighted by Gasteiger charge is -2.34. The number of nitrogens with zero attached hydrogens (tertiary/aromatic N) is 8. The average Bonchev–Trinajstić information content (AvgIpc) is 1.63. The highest BCUT2D eigenvalue weighted by Crippen LogP contribution is 2.39. The molecule has 116 heavy (non-hydrogen) atoms. The number of alkyl halides is 1.